The molecule has 0 fully saturated rings. The topological polar surface area (TPSA) is 0 Å². The maximum absolute atomic E-state index is 10.8. The number of alkyl halides is 2. The van der Waals surface area contributed by atoms with Gasteiger partial charge in [-0.2, -0.15) is 0 Å². The maximum atomic E-state index is 10.8. The molecule has 0 aromatic heterocycles. The first-order valence-electron chi connectivity index (χ1n) is 1.49. The van der Waals surface area contributed by atoms with Gasteiger partial charge in [0.05, 0.1) is 0 Å². The molecule has 0 atom stereocenters. The second-order valence-corrected chi connectivity index (χ2v) is 0.621. The van der Waals surface area contributed by atoms with Crippen molar-refractivity contribution in [2.45, 2.75) is 0 Å². The largest absolute Gasteiger partial charge is 0.237 e. The molecule has 0 N–H and O–H groups in total. The molecule has 0 aromatic carbocycles. The van der Waals surface area contributed by atoms with Crippen LogP contribution in [0, 0.1) is 11.8 Å². The molecule has 0 nitrogen and oxygen atoms in total. The van der Waals surface area contributed by atoms with E-state index in [4.69, 9.17) is 0 Å². The van der Waals surface area contributed by atoms with E-state index in [1.54, 1.807) is 0 Å². The fourth-order valence-corrected chi connectivity index (χ4v) is 0.0945. The predicted octanol–water partition coefficient (Wildman–Crippen LogP) is 0.929. The monoisotopic (exact) mass is 90.0 g/mol. The van der Waals surface area contributed by atoms with Gasteiger partial charge in [0.15, 0.2) is 0 Å². The molecule has 6 heavy (non-hydrogen) atoms. The Morgan fingerprint density at radius 1 is 1.00 bits per heavy atom. The van der Waals surface area contributed by atoms with Crippen molar-refractivity contribution < 1.29 is 8.78 Å². The fourth-order valence-electron chi connectivity index (χ4n) is 0.0945. The van der Waals surface area contributed by atoms with Crippen LogP contribution in [0.2, 0.25) is 0 Å². The van der Waals surface area contributed by atoms with E-state index in [0.717, 1.165) is 0 Å². The molecule has 0 radical (unpaired) electrons. The molecular weight excluding hydrogens is 86.0 g/mol. The van der Waals surface area contributed by atoms with Crippen LogP contribution >= 0.6 is 0 Å². The molecule has 0 amide bonds. The number of rotatable bonds is 0. The molecule has 0 saturated carbocycles. The molecule has 34 valence electrons. The molecule has 0 heterocycles. The van der Waals surface area contributed by atoms with Crippen molar-refractivity contribution in [1.82, 2.24) is 0 Å². The van der Waals surface area contributed by atoms with Crippen molar-refractivity contribution >= 4 is 0 Å². The lowest BCUT2D eigenvalue weighted by Crippen LogP contribution is -1.63. The highest BCUT2D eigenvalue weighted by atomic mass is 19.1. The second kappa shape index (κ2) is 4.42. The summed E-state index contributed by atoms with van der Waals surface area (Å²) in [6.45, 7) is -1.49. The van der Waals surface area contributed by atoms with Crippen molar-refractivity contribution in [3.8, 4) is 11.8 Å². The Morgan fingerprint density at radius 3 is 1.50 bits per heavy atom. The van der Waals surface area contributed by atoms with Crippen LogP contribution in [0.1, 0.15) is 0 Å². The third-order valence-electron chi connectivity index (χ3n) is 0.259. The van der Waals surface area contributed by atoms with Crippen molar-refractivity contribution in [1.29, 1.82) is 0 Å². The highest BCUT2D eigenvalue weighted by molar-refractivity contribution is 4.98. The summed E-state index contributed by atoms with van der Waals surface area (Å²) in [4.78, 5) is 0. The minimum Gasteiger partial charge on any atom is -0.237 e. The fraction of sp³-hybridized carbons (Fsp3) is 0.500. The van der Waals surface area contributed by atoms with Gasteiger partial charge in [0.25, 0.3) is 0 Å². The van der Waals surface area contributed by atoms with Gasteiger partial charge in [-0.3, -0.25) is 0 Å². The number of hydrogen-bond acceptors (Lipinski definition) is 0. The maximum Gasteiger partial charge on any atom is 0.150 e. The van der Waals surface area contributed by atoms with Crippen molar-refractivity contribution in [2.75, 3.05) is 13.3 Å². The first-order valence-corrected chi connectivity index (χ1v) is 1.49. The molecule has 0 spiro atoms. The van der Waals surface area contributed by atoms with E-state index in [2.05, 4.69) is 0 Å². The normalized spacial score (nSPS) is 6.33. The Balaban J connectivity index is 2.90. The molecule has 0 aromatic rings. The van der Waals surface area contributed by atoms with Gasteiger partial charge >= 0.3 is 0 Å². The highest BCUT2D eigenvalue weighted by Gasteiger charge is 1.61. The minimum atomic E-state index is -0.746. The van der Waals surface area contributed by atoms with E-state index in [9.17, 15) is 8.78 Å². The standard InChI is InChI=1S/C4H4F2/c5-3-1-2-4-6/h3-4H2. The van der Waals surface area contributed by atoms with Crippen LogP contribution in [0.15, 0.2) is 0 Å². The minimum absolute atomic E-state index is 0.746. The zero-order chi connectivity index (χ0) is 4.83. The summed E-state index contributed by atoms with van der Waals surface area (Å²) in [7, 11) is 0. The second-order valence-electron chi connectivity index (χ2n) is 0.621. The van der Waals surface area contributed by atoms with Crippen LogP contribution in [0.5, 0.6) is 0 Å². The summed E-state index contributed by atoms with van der Waals surface area (Å²) in [6.07, 6.45) is 0. The number of hydrogen-bond donors (Lipinski definition) is 0. The summed E-state index contributed by atoms with van der Waals surface area (Å²) in [5.74, 6) is 3.81. The summed E-state index contributed by atoms with van der Waals surface area (Å²) in [6, 6.07) is 0. The van der Waals surface area contributed by atoms with Gasteiger partial charge < -0.3 is 0 Å². The van der Waals surface area contributed by atoms with E-state index in [1.807, 2.05) is 11.8 Å². The zero-order valence-electron chi connectivity index (χ0n) is 3.17. The quantitative estimate of drug-likeness (QED) is 0.388. The van der Waals surface area contributed by atoms with Crippen molar-refractivity contribution in [2.24, 2.45) is 0 Å². The number of halogens is 2. The first kappa shape index (κ1) is 5.42. The predicted molar refractivity (Wildman–Crippen MR) is 19.7 cm³/mol. The van der Waals surface area contributed by atoms with Crippen molar-refractivity contribution in [3.63, 3.8) is 0 Å². The SMILES string of the molecule is FCC#CCF. The zero-order valence-corrected chi connectivity index (χ0v) is 3.17. The van der Waals surface area contributed by atoms with Gasteiger partial charge in [0, 0.05) is 0 Å². The molecule has 2 heteroatoms. The van der Waals surface area contributed by atoms with E-state index in [1.165, 1.54) is 0 Å². The van der Waals surface area contributed by atoms with E-state index in [0.29, 0.717) is 0 Å². The van der Waals surface area contributed by atoms with Gasteiger partial charge in [-0.15, -0.1) is 0 Å². The molecule has 0 aliphatic rings. The highest BCUT2D eigenvalue weighted by Crippen LogP contribution is 1.61. The Hall–Kier alpha value is -0.580. The van der Waals surface area contributed by atoms with Gasteiger partial charge in [-0.1, -0.05) is 11.8 Å². The van der Waals surface area contributed by atoms with E-state index in [-0.39, 0.29) is 0 Å². The molecule has 0 rings (SSSR count). The van der Waals surface area contributed by atoms with E-state index >= 15 is 0 Å². The lowest BCUT2D eigenvalue weighted by Gasteiger charge is -1.61. The Bertz CT molecular complexity index is 59.4. The van der Waals surface area contributed by atoms with Gasteiger partial charge in [0.2, 0.25) is 0 Å². The summed E-state index contributed by atoms with van der Waals surface area (Å²) in [5.41, 5.74) is 0. The smallest absolute Gasteiger partial charge is 0.150 e. The lowest BCUT2D eigenvalue weighted by atomic mass is 10.6. The lowest BCUT2D eigenvalue weighted by molar-refractivity contribution is 0.561. The van der Waals surface area contributed by atoms with Crippen LogP contribution < -0.4 is 0 Å². The Morgan fingerprint density at radius 2 is 1.33 bits per heavy atom. The third kappa shape index (κ3) is 3.42. The average molecular weight is 90.1 g/mol. The van der Waals surface area contributed by atoms with Crippen LogP contribution in [0.4, 0.5) is 8.78 Å². The van der Waals surface area contributed by atoms with Gasteiger partial charge in [-0.05, 0) is 0 Å². The molecular formula is C4H4F2. The molecule has 0 bridgehead atoms. The molecule has 0 aliphatic heterocycles. The van der Waals surface area contributed by atoms with E-state index < -0.39 is 13.3 Å². The van der Waals surface area contributed by atoms with Crippen LogP contribution in [0.3, 0.4) is 0 Å². The van der Waals surface area contributed by atoms with Gasteiger partial charge in [0.1, 0.15) is 13.3 Å². The van der Waals surface area contributed by atoms with Crippen LogP contribution in [-0.4, -0.2) is 13.3 Å². The summed E-state index contributed by atoms with van der Waals surface area (Å²) in [5, 5.41) is 0. The van der Waals surface area contributed by atoms with Gasteiger partial charge in [-0.25, -0.2) is 8.78 Å². The average Bonchev–Trinajstić information content (AvgIpc) is 1.61. The molecule has 0 unspecified atom stereocenters. The summed E-state index contributed by atoms with van der Waals surface area (Å²) < 4.78 is 21.7. The van der Waals surface area contributed by atoms with Crippen LogP contribution in [0.25, 0.3) is 0 Å². The first-order chi connectivity index (χ1) is 2.91. The van der Waals surface area contributed by atoms with Crippen LogP contribution in [-0.2, 0) is 0 Å². The molecule has 0 saturated heterocycles. The molecule has 0 aliphatic carbocycles. The Labute approximate surface area is 35.2 Å². The third-order valence-corrected chi connectivity index (χ3v) is 0.259. The van der Waals surface area contributed by atoms with Crippen molar-refractivity contribution in [3.05, 3.63) is 0 Å². The summed E-state index contributed by atoms with van der Waals surface area (Å²) >= 11 is 0. The Kier molecular flexibility index (Phi) is 3.99.